The van der Waals surface area contributed by atoms with Crippen LogP contribution in [0.2, 0.25) is 18.1 Å². The van der Waals surface area contributed by atoms with E-state index in [1.54, 1.807) is 12.2 Å². The van der Waals surface area contributed by atoms with Crippen molar-refractivity contribution in [1.82, 2.24) is 0 Å². The minimum Gasteiger partial charge on any atom is -0.456 e. The molecule has 4 heterocycles. The van der Waals surface area contributed by atoms with E-state index in [1.165, 1.54) is 11.6 Å². The van der Waals surface area contributed by atoms with Crippen molar-refractivity contribution in [2.24, 2.45) is 5.92 Å². The average molecular weight is 629 g/mol. The van der Waals surface area contributed by atoms with Gasteiger partial charge in [-0.3, -0.25) is 0 Å². The topological polar surface area (TPSA) is 86.8 Å². The number of carbonyl (C=O) groups is 1. The summed E-state index contributed by atoms with van der Waals surface area (Å²) in [4.78, 5) is 13.0. The van der Waals surface area contributed by atoms with Crippen LogP contribution in [0.4, 0.5) is 0 Å². The molecule has 0 radical (unpaired) electrons. The molecule has 0 amide bonds. The molecule has 4 aliphatic heterocycles. The van der Waals surface area contributed by atoms with Crippen LogP contribution in [0.25, 0.3) is 0 Å². The number of esters is 1. The Balaban J connectivity index is 1.55. The summed E-state index contributed by atoms with van der Waals surface area (Å²) in [6.45, 7) is 20.6. The lowest BCUT2D eigenvalue weighted by atomic mass is 9.91. The number of carbonyl (C=O) groups excluding carboxylic acids is 1. The van der Waals surface area contributed by atoms with Gasteiger partial charge in [-0.2, -0.15) is 0 Å². The molecule has 4 rings (SSSR count). The summed E-state index contributed by atoms with van der Waals surface area (Å²) in [6, 6.07) is 0. The summed E-state index contributed by atoms with van der Waals surface area (Å²) in [7, 11) is -2.12. The summed E-state index contributed by atoms with van der Waals surface area (Å²) in [5.41, 5.74) is 2.42. The van der Waals surface area contributed by atoms with Gasteiger partial charge >= 0.3 is 5.97 Å². The van der Waals surface area contributed by atoms with E-state index in [9.17, 15) is 9.90 Å². The van der Waals surface area contributed by atoms with Crippen molar-refractivity contribution >= 4 is 14.3 Å². The molecule has 0 aromatic rings. The van der Waals surface area contributed by atoms with Crippen LogP contribution >= 0.6 is 0 Å². The molecular formula is C36H56O7Si. The Morgan fingerprint density at radius 3 is 2.61 bits per heavy atom. The van der Waals surface area contributed by atoms with Gasteiger partial charge in [-0.25, -0.2) is 4.79 Å². The lowest BCUT2D eigenvalue weighted by molar-refractivity contribution is -0.148. The van der Waals surface area contributed by atoms with Crippen LogP contribution in [0.15, 0.2) is 60.3 Å². The van der Waals surface area contributed by atoms with Crippen molar-refractivity contribution in [2.75, 3.05) is 6.61 Å². The second-order valence-corrected chi connectivity index (χ2v) is 19.6. The van der Waals surface area contributed by atoms with Gasteiger partial charge in [-0.15, -0.1) is 0 Å². The molecule has 0 aliphatic carbocycles. The molecule has 0 aromatic heterocycles. The standard InChI is InChI=1S/C36H56O7Si/c1-24-17-18-39-28(20-24)15-16-30(37)31-23-32-35(42-32)33(43-44(7,8)36(4,5)6)22-26(3)19-25(2)21-29-13-9-11-27(40-29)12-10-14-34(38)41-31/h9-11,14-17,25,27-33,35,37H,3,12-13,18-23H2,1-2,4-8H3/t25-,27-,28+,29-,30-,31-,32-,33-,35+/m0/s1. The Morgan fingerprint density at radius 1 is 1.11 bits per heavy atom. The molecule has 8 heteroatoms. The van der Waals surface area contributed by atoms with Gasteiger partial charge in [0.2, 0.25) is 0 Å². The van der Waals surface area contributed by atoms with E-state index in [0.717, 1.165) is 31.3 Å². The Morgan fingerprint density at radius 2 is 1.89 bits per heavy atom. The van der Waals surface area contributed by atoms with Gasteiger partial charge in [0.15, 0.2) is 8.32 Å². The number of epoxide rings is 1. The zero-order valence-corrected chi connectivity index (χ0v) is 29.0. The highest BCUT2D eigenvalue weighted by Gasteiger charge is 2.51. The van der Waals surface area contributed by atoms with E-state index in [0.29, 0.717) is 31.8 Å². The van der Waals surface area contributed by atoms with Crippen molar-refractivity contribution in [3.63, 3.8) is 0 Å². The number of hydrogen-bond acceptors (Lipinski definition) is 7. The van der Waals surface area contributed by atoms with Gasteiger partial charge in [0.05, 0.1) is 37.1 Å². The van der Waals surface area contributed by atoms with E-state index >= 15 is 0 Å². The SMILES string of the molecule is C=C1C[C@H](C)C[C@@H]2CC=C[C@@H](CC=CC(=O)O[C@H]([C@@H](O)C=C[C@@H]3CC(C)=CCO3)C[C@@H]3O[C@H]3[C@@H](O[Si](C)(C)C(C)(C)C)C1)O2. The number of fused-ring (bicyclic) bond motifs is 3. The highest BCUT2D eigenvalue weighted by molar-refractivity contribution is 6.74. The Hall–Kier alpha value is -1.81. The molecule has 0 saturated carbocycles. The molecule has 4 aliphatic rings. The maximum absolute atomic E-state index is 13.0. The van der Waals surface area contributed by atoms with Crippen molar-refractivity contribution < 1.29 is 33.3 Å². The first-order valence-electron chi connectivity index (χ1n) is 16.5. The Kier molecular flexibility index (Phi) is 12.1. The number of aliphatic hydroxyl groups excluding tert-OH is 1. The molecule has 1 N–H and O–H groups in total. The third kappa shape index (κ3) is 10.4. The maximum atomic E-state index is 13.0. The van der Waals surface area contributed by atoms with E-state index in [4.69, 9.17) is 23.4 Å². The van der Waals surface area contributed by atoms with Crippen LogP contribution in [-0.2, 0) is 28.2 Å². The number of aliphatic hydroxyl groups is 1. The number of ether oxygens (including phenoxy) is 4. The minimum absolute atomic E-state index is 0.0422. The third-order valence-corrected chi connectivity index (χ3v) is 14.2. The van der Waals surface area contributed by atoms with Crippen LogP contribution in [0.3, 0.4) is 0 Å². The van der Waals surface area contributed by atoms with Crippen molar-refractivity contribution in [2.45, 2.75) is 147 Å². The van der Waals surface area contributed by atoms with Gasteiger partial charge in [-0.05, 0) is 69.5 Å². The van der Waals surface area contributed by atoms with Crippen LogP contribution < -0.4 is 0 Å². The van der Waals surface area contributed by atoms with Gasteiger partial charge < -0.3 is 28.5 Å². The quantitative estimate of drug-likeness (QED) is 0.150. The monoisotopic (exact) mass is 628 g/mol. The first-order chi connectivity index (χ1) is 20.7. The second-order valence-electron chi connectivity index (χ2n) is 14.9. The molecule has 0 unspecified atom stereocenters. The molecule has 0 aromatic carbocycles. The van der Waals surface area contributed by atoms with E-state index < -0.39 is 26.5 Å². The fourth-order valence-electron chi connectivity index (χ4n) is 6.09. The summed E-state index contributed by atoms with van der Waals surface area (Å²) >= 11 is 0. The Labute approximate surface area is 266 Å². The number of cyclic esters (lactones) is 1. The normalized spacial score (nSPS) is 35.3. The van der Waals surface area contributed by atoms with Gasteiger partial charge in [-0.1, -0.05) is 81.9 Å². The predicted molar refractivity (Wildman–Crippen MR) is 177 cm³/mol. The van der Waals surface area contributed by atoms with Crippen LogP contribution in [0, 0.1) is 5.92 Å². The molecule has 1 saturated heterocycles. The lowest BCUT2D eigenvalue weighted by Crippen LogP contribution is -2.46. The maximum Gasteiger partial charge on any atom is 0.330 e. The van der Waals surface area contributed by atoms with Crippen LogP contribution in [-0.4, -0.2) is 74.8 Å². The molecule has 246 valence electrons. The van der Waals surface area contributed by atoms with Crippen molar-refractivity contribution in [3.05, 3.63) is 60.3 Å². The zero-order valence-electron chi connectivity index (χ0n) is 28.0. The van der Waals surface area contributed by atoms with E-state index in [1.807, 2.05) is 6.08 Å². The summed E-state index contributed by atoms with van der Waals surface area (Å²) in [5.74, 6) is -0.0619. The van der Waals surface area contributed by atoms with Gasteiger partial charge in [0.25, 0.3) is 0 Å². The summed E-state index contributed by atoms with van der Waals surface area (Å²) < 4.78 is 31.3. The minimum atomic E-state index is -2.12. The Bertz CT molecular complexity index is 1120. The van der Waals surface area contributed by atoms with Gasteiger partial charge in [0.1, 0.15) is 18.3 Å². The fourth-order valence-corrected chi connectivity index (χ4v) is 7.42. The van der Waals surface area contributed by atoms with Crippen LogP contribution in [0.1, 0.15) is 79.6 Å². The summed E-state index contributed by atoms with van der Waals surface area (Å²) in [5, 5.41) is 11.3. The molecule has 1 fully saturated rings. The van der Waals surface area contributed by atoms with E-state index in [2.05, 4.69) is 72.5 Å². The smallest absolute Gasteiger partial charge is 0.330 e. The van der Waals surface area contributed by atoms with E-state index in [-0.39, 0.29) is 41.7 Å². The molecule has 44 heavy (non-hydrogen) atoms. The fraction of sp³-hybridized carbons (Fsp3) is 0.694. The van der Waals surface area contributed by atoms with Crippen LogP contribution in [0.5, 0.6) is 0 Å². The second kappa shape index (κ2) is 15.2. The van der Waals surface area contributed by atoms with Gasteiger partial charge in [0, 0.05) is 12.5 Å². The third-order valence-electron chi connectivity index (χ3n) is 9.67. The highest BCUT2D eigenvalue weighted by Crippen LogP contribution is 2.42. The number of rotatable bonds is 5. The molecule has 2 bridgehead atoms. The average Bonchev–Trinajstić information content (AvgIpc) is 3.69. The summed E-state index contributed by atoms with van der Waals surface area (Å²) in [6.07, 6.45) is 16.0. The number of hydrogen-bond donors (Lipinski definition) is 1. The predicted octanol–water partition coefficient (Wildman–Crippen LogP) is 7.13. The molecule has 9 atom stereocenters. The first kappa shape index (κ1) is 35.0. The zero-order chi connectivity index (χ0) is 32.1. The largest absolute Gasteiger partial charge is 0.456 e. The first-order valence-corrected chi connectivity index (χ1v) is 19.4. The highest BCUT2D eigenvalue weighted by atomic mass is 28.4. The molecular weight excluding hydrogens is 572 g/mol. The van der Waals surface area contributed by atoms with Crippen molar-refractivity contribution in [3.8, 4) is 0 Å². The molecule has 0 spiro atoms. The molecule has 7 nitrogen and oxygen atoms in total. The van der Waals surface area contributed by atoms with Crippen molar-refractivity contribution in [1.29, 1.82) is 0 Å². The lowest BCUT2D eigenvalue weighted by Gasteiger charge is -2.39.